The van der Waals surface area contributed by atoms with Crippen LogP contribution in [0.15, 0.2) is 110 Å². The van der Waals surface area contributed by atoms with Crippen molar-refractivity contribution in [1.29, 1.82) is 0 Å². The highest BCUT2D eigenvalue weighted by molar-refractivity contribution is 7.80. The molecule has 6 heteroatoms. The first kappa shape index (κ1) is 20.6. The number of nitrogens with one attached hydrogen (secondary N) is 1. The minimum absolute atomic E-state index is 0.0379. The van der Waals surface area contributed by atoms with E-state index in [1.807, 2.05) is 30.6 Å². The van der Waals surface area contributed by atoms with Crippen LogP contribution in [0.1, 0.15) is 29.0 Å². The van der Waals surface area contributed by atoms with Crippen molar-refractivity contribution in [2.75, 3.05) is 0 Å². The van der Waals surface area contributed by atoms with Gasteiger partial charge in [-0.05, 0) is 71.0 Å². The van der Waals surface area contributed by atoms with Crippen LogP contribution in [0.4, 0.5) is 0 Å². The molecule has 1 fully saturated rings. The van der Waals surface area contributed by atoms with E-state index in [-0.39, 0.29) is 12.1 Å². The Balaban J connectivity index is 1.46. The van der Waals surface area contributed by atoms with Crippen LogP contribution in [0.2, 0.25) is 0 Å². The number of aromatic nitrogens is 3. The summed E-state index contributed by atoms with van der Waals surface area (Å²) in [4.78, 5) is 11.2. The third-order valence-corrected chi connectivity index (χ3v) is 6.72. The van der Waals surface area contributed by atoms with Gasteiger partial charge in [0.1, 0.15) is 0 Å². The van der Waals surface area contributed by atoms with Gasteiger partial charge in [-0.2, -0.15) is 0 Å². The van der Waals surface area contributed by atoms with Gasteiger partial charge in [-0.25, -0.2) is 0 Å². The summed E-state index contributed by atoms with van der Waals surface area (Å²) in [6.45, 7) is 0.663. The first-order valence-corrected chi connectivity index (χ1v) is 11.7. The van der Waals surface area contributed by atoms with Crippen LogP contribution in [0.25, 0.3) is 16.5 Å². The molecule has 34 heavy (non-hydrogen) atoms. The van der Waals surface area contributed by atoms with E-state index < -0.39 is 0 Å². The maximum Gasteiger partial charge on any atom is 0.170 e. The summed E-state index contributed by atoms with van der Waals surface area (Å²) in [5.41, 5.74) is 4.36. The van der Waals surface area contributed by atoms with Gasteiger partial charge in [-0.1, -0.05) is 42.5 Å². The van der Waals surface area contributed by atoms with Crippen molar-refractivity contribution in [1.82, 2.24) is 24.8 Å². The van der Waals surface area contributed by atoms with E-state index in [9.17, 15) is 0 Å². The first-order valence-electron chi connectivity index (χ1n) is 11.3. The summed E-state index contributed by atoms with van der Waals surface area (Å²) < 4.78 is 2.26. The van der Waals surface area contributed by atoms with Gasteiger partial charge in [0.2, 0.25) is 0 Å². The molecule has 2 aromatic carbocycles. The van der Waals surface area contributed by atoms with E-state index in [1.165, 1.54) is 10.8 Å². The fourth-order valence-corrected chi connectivity index (χ4v) is 5.09. The van der Waals surface area contributed by atoms with E-state index in [4.69, 9.17) is 12.2 Å². The Kier molecular flexibility index (Phi) is 5.28. The number of nitrogens with zero attached hydrogens (tertiary/aromatic N) is 4. The fourth-order valence-electron chi connectivity index (χ4n) is 4.78. The molecule has 0 amide bonds. The van der Waals surface area contributed by atoms with E-state index in [2.05, 4.69) is 97.7 Å². The number of fused-ring (bicyclic) bond motifs is 1. The highest BCUT2D eigenvalue weighted by atomic mass is 32.1. The number of rotatable bonds is 5. The van der Waals surface area contributed by atoms with Gasteiger partial charge in [-0.15, -0.1) is 0 Å². The molecule has 2 unspecified atom stereocenters. The minimum atomic E-state index is -0.0699. The fraction of sp³-hybridized carbons (Fsp3) is 0.107. The average molecular weight is 462 g/mol. The monoisotopic (exact) mass is 461 g/mol. The lowest BCUT2D eigenvalue weighted by molar-refractivity contribution is 0.302. The quantitative estimate of drug-likeness (QED) is 0.346. The zero-order valence-corrected chi connectivity index (χ0v) is 19.3. The highest BCUT2D eigenvalue weighted by Gasteiger charge is 2.41. The molecule has 1 N–H and O–H groups in total. The van der Waals surface area contributed by atoms with Gasteiger partial charge in [0.05, 0.1) is 17.8 Å². The van der Waals surface area contributed by atoms with E-state index in [0.717, 1.165) is 27.8 Å². The van der Waals surface area contributed by atoms with Gasteiger partial charge in [-0.3, -0.25) is 9.97 Å². The zero-order valence-electron chi connectivity index (χ0n) is 18.5. The summed E-state index contributed by atoms with van der Waals surface area (Å²) in [6.07, 6.45) is 7.65. The van der Waals surface area contributed by atoms with Crippen molar-refractivity contribution in [2.24, 2.45) is 0 Å². The lowest BCUT2D eigenvalue weighted by Gasteiger charge is -2.29. The molecule has 0 bridgehead atoms. The molecule has 1 aliphatic rings. The Morgan fingerprint density at radius 3 is 2.56 bits per heavy atom. The lowest BCUT2D eigenvalue weighted by Crippen LogP contribution is -2.30. The Bertz CT molecular complexity index is 1450. The molecule has 0 aliphatic carbocycles. The second-order valence-corrected chi connectivity index (χ2v) is 8.84. The van der Waals surface area contributed by atoms with Crippen molar-refractivity contribution < 1.29 is 0 Å². The summed E-state index contributed by atoms with van der Waals surface area (Å²) in [6, 6.07) is 29.3. The molecule has 0 radical (unpaired) electrons. The molecule has 1 saturated heterocycles. The largest absolute Gasteiger partial charge is 0.352 e. The first-order chi connectivity index (χ1) is 16.8. The molecule has 0 spiro atoms. The van der Waals surface area contributed by atoms with Gasteiger partial charge in [0.25, 0.3) is 0 Å². The van der Waals surface area contributed by atoms with E-state index >= 15 is 0 Å². The third kappa shape index (κ3) is 3.72. The topological polar surface area (TPSA) is 46.0 Å². The second kappa shape index (κ2) is 8.72. The predicted molar refractivity (Wildman–Crippen MR) is 139 cm³/mol. The number of hydrogen-bond acceptors (Lipinski definition) is 3. The molecule has 3 aromatic heterocycles. The summed E-state index contributed by atoms with van der Waals surface area (Å²) in [5, 5.41) is 6.71. The Morgan fingerprint density at radius 1 is 0.853 bits per heavy atom. The zero-order chi connectivity index (χ0) is 22.9. The Morgan fingerprint density at radius 2 is 1.74 bits per heavy atom. The van der Waals surface area contributed by atoms with Crippen molar-refractivity contribution in [3.05, 3.63) is 127 Å². The van der Waals surface area contributed by atoms with Gasteiger partial charge >= 0.3 is 0 Å². The normalized spacial score (nSPS) is 17.8. The number of benzene rings is 2. The molecule has 4 heterocycles. The molecule has 1 aliphatic heterocycles. The van der Waals surface area contributed by atoms with E-state index in [1.54, 1.807) is 6.20 Å². The van der Waals surface area contributed by atoms with Crippen LogP contribution in [0, 0.1) is 0 Å². The molecule has 6 rings (SSSR count). The second-order valence-electron chi connectivity index (χ2n) is 8.45. The summed E-state index contributed by atoms with van der Waals surface area (Å²) >= 11 is 5.85. The van der Waals surface area contributed by atoms with Gasteiger partial charge in [0, 0.05) is 42.7 Å². The molecular formula is C28H23N5S. The Hall–Kier alpha value is -4.03. The molecule has 0 saturated carbocycles. The third-order valence-electron chi connectivity index (χ3n) is 6.37. The average Bonchev–Trinajstić information content (AvgIpc) is 3.49. The summed E-state index contributed by atoms with van der Waals surface area (Å²) in [5.74, 6) is 0. The Labute approximate surface area is 203 Å². The molecule has 2 atom stereocenters. The van der Waals surface area contributed by atoms with Crippen molar-refractivity contribution >= 4 is 28.1 Å². The SMILES string of the molecule is S=C1NC(c2ccccn2)C(c2cccn2-c2ccc3ccccc3c2)N1Cc1cccnc1. The highest BCUT2D eigenvalue weighted by Crippen LogP contribution is 2.40. The summed E-state index contributed by atoms with van der Waals surface area (Å²) in [7, 11) is 0. The number of pyridine rings is 2. The van der Waals surface area contributed by atoms with Gasteiger partial charge in [0.15, 0.2) is 5.11 Å². The molecular weight excluding hydrogens is 438 g/mol. The predicted octanol–water partition coefficient (Wildman–Crippen LogP) is 5.59. The van der Waals surface area contributed by atoms with Gasteiger partial charge < -0.3 is 14.8 Å². The molecule has 5 aromatic rings. The van der Waals surface area contributed by atoms with Crippen molar-refractivity contribution in [2.45, 2.75) is 18.6 Å². The van der Waals surface area contributed by atoms with Crippen LogP contribution >= 0.6 is 12.2 Å². The van der Waals surface area contributed by atoms with Crippen LogP contribution < -0.4 is 5.32 Å². The van der Waals surface area contributed by atoms with Crippen LogP contribution in [-0.4, -0.2) is 24.5 Å². The molecule has 5 nitrogen and oxygen atoms in total. The lowest BCUT2D eigenvalue weighted by atomic mass is 10.0. The maximum absolute atomic E-state index is 5.85. The standard InChI is InChI=1S/C28H23N5S/c34-28-31-26(24-10-3-4-15-30-24)27(33(28)19-20-7-5-14-29-18-20)25-11-6-16-32(25)23-13-12-21-8-1-2-9-22(21)17-23/h1-18,26-27H,19H2,(H,31,34). The van der Waals surface area contributed by atoms with Crippen LogP contribution in [0.3, 0.4) is 0 Å². The number of hydrogen-bond donors (Lipinski definition) is 1. The minimum Gasteiger partial charge on any atom is -0.352 e. The maximum atomic E-state index is 5.85. The smallest absolute Gasteiger partial charge is 0.170 e. The number of thiocarbonyl (C=S) groups is 1. The van der Waals surface area contributed by atoms with Crippen molar-refractivity contribution in [3.63, 3.8) is 0 Å². The van der Waals surface area contributed by atoms with E-state index in [0.29, 0.717) is 6.54 Å². The molecule has 166 valence electrons. The van der Waals surface area contributed by atoms with Crippen LogP contribution in [-0.2, 0) is 6.54 Å². The van der Waals surface area contributed by atoms with Crippen LogP contribution in [0.5, 0.6) is 0 Å². The van der Waals surface area contributed by atoms with Crippen molar-refractivity contribution in [3.8, 4) is 5.69 Å².